The molecule has 4 nitrogen and oxygen atoms in total. The van der Waals surface area contributed by atoms with E-state index in [2.05, 4.69) is 29.5 Å². The maximum absolute atomic E-state index is 13.2. The fourth-order valence-corrected chi connectivity index (χ4v) is 3.84. The smallest absolute Gasteiger partial charge is 0.191 e. The zero-order valence-electron chi connectivity index (χ0n) is 15.5. The average Bonchev–Trinajstić information content (AvgIpc) is 3.30. The first-order valence-corrected chi connectivity index (χ1v) is 10.2. The van der Waals surface area contributed by atoms with Gasteiger partial charge in [0.2, 0.25) is 0 Å². The number of rotatable bonds is 8. The van der Waals surface area contributed by atoms with E-state index in [1.54, 1.807) is 23.5 Å². The summed E-state index contributed by atoms with van der Waals surface area (Å²) in [5.41, 5.74) is 1.27. The first-order valence-electron chi connectivity index (χ1n) is 9.37. The van der Waals surface area contributed by atoms with Crippen molar-refractivity contribution in [3.05, 3.63) is 51.7 Å². The van der Waals surface area contributed by atoms with Crippen LogP contribution in [-0.4, -0.2) is 30.6 Å². The second kappa shape index (κ2) is 8.62. The quantitative estimate of drug-likeness (QED) is 0.547. The van der Waals surface area contributed by atoms with Gasteiger partial charge in [-0.25, -0.2) is 9.37 Å². The van der Waals surface area contributed by atoms with Gasteiger partial charge in [-0.1, -0.05) is 19.1 Å². The third-order valence-corrected chi connectivity index (χ3v) is 5.98. The van der Waals surface area contributed by atoms with Crippen LogP contribution in [0.5, 0.6) is 0 Å². The van der Waals surface area contributed by atoms with Crippen LogP contribution >= 0.6 is 11.3 Å². The van der Waals surface area contributed by atoms with E-state index in [-0.39, 0.29) is 11.2 Å². The van der Waals surface area contributed by atoms with Crippen molar-refractivity contribution >= 4 is 17.3 Å². The number of aromatic nitrogens is 1. The molecule has 2 aromatic rings. The Labute approximate surface area is 159 Å². The van der Waals surface area contributed by atoms with Crippen molar-refractivity contribution < 1.29 is 4.39 Å². The van der Waals surface area contributed by atoms with E-state index in [0.29, 0.717) is 0 Å². The summed E-state index contributed by atoms with van der Waals surface area (Å²) in [7, 11) is 0. The van der Waals surface area contributed by atoms with Crippen LogP contribution in [0, 0.1) is 5.82 Å². The van der Waals surface area contributed by atoms with Gasteiger partial charge in [-0.05, 0) is 43.9 Å². The van der Waals surface area contributed by atoms with Crippen molar-refractivity contribution in [1.29, 1.82) is 0 Å². The van der Waals surface area contributed by atoms with Crippen molar-refractivity contribution in [2.75, 3.05) is 19.6 Å². The normalized spacial score (nSPS) is 15.7. The van der Waals surface area contributed by atoms with Crippen LogP contribution in [0.25, 0.3) is 0 Å². The molecule has 6 heteroatoms. The summed E-state index contributed by atoms with van der Waals surface area (Å²) in [6, 6.07) is 6.88. The minimum absolute atomic E-state index is 0.0847. The average molecular weight is 375 g/mol. The summed E-state index contributed by atoms with van der Waals surface area (Å²) in [4.78, 5) is 10.6. The lowest BCUT2D eigenvalue weighted by atomic mass is 9.96. The van der Waals surface area contributed by atoms with Crippen LogP contribution in [0.1, 0.15) is 42.1 Å². The number of hydrogen-bond acceptors (Lipinski definition) is 3. The van der Waals surface area contributed by atoms with Crippen LogP contribution in [0.15, 0.2) is 35.5 Å². The minimum Gasteiger partial charge on any atom is -0.357 e. The van der Waals surface area contributed by atoms with Gasteiger partial charge in [0.15, 0.2) is 5.96 Å². The molecule has 140 valence electrons. The standard InChI is InChI=1S/C20H27FN4S/c1-3-17-13-24-18(26-17)9-12-23-19(22-4-2)25-14-20(10-11-20)15-5-7-16(21)8-6-15/h5-8,13H,3-4,9-12,14H2,1-2H3,(H2,22,23,25). The van der Waals surface area contributed by atoms with Gasteiger partial charge < -0.3 is 10.6 Å². The zero-order valence-corrected chi connectivity index (χ0v) is 16.3. The van der Waals surface area contributed by atoms with Crippen LogP contribution in [0.3, 0.4) is 0 Å². The monoisotopic (exact) mass is 374 g/mol. The maximum Gasteiger partial charge on any atom is 0.191 e. The van der Waals surface area contributed by atoms with E-state index >= 15 is 0 Å². The molecule has 0 unspecified atom stereocenters. The second-order valence-electron chi connectivity index (χ2n) is 6.73. The second-order valence-corrected chi connectivity index (χ2v) is 7.93. The molecule has 26 heavy (non-hydrogen) atoms. The molecule has 1 aromatic heterocycles. The van der Waals surface area contributed by atoms with Gasteiger partial charge >= 0.3 is 0 Å². The molecular formula is C20H27FN4S. The summed E-state index contributed by atoms with van der Waals surface area (Å²) in [6.07, 6.45) is 6.14. The zero-order chi connectivity index (χ0) is 18.4. The molecule has 2 N–H and O–H groups in total. The van der Waals surface area contributed by atoms with Gasteiger partial charge in [0, 0.05) is 36.0 Å². The van der Waals surface area contributed by atoms with E-state index in [1.807, 2.05) is 18.3 Å². The van der Waals surface area contributed by atoms with Crippen LogP contribution in [-0.2, 0) is 18.3 Å². The molecule has 0 bridgehead atoms. The minimum atomic E-state index is -0.184. The largest absolute Gasteiger partial charge is 0.357 e. The summed E-state index contributed by atoms with van der Waals surface area (Å²) in [5, 5.41) is 7.87. The highest BCUT2D eigenvalue weighted by molar-refractivity contribution is 7.11. The lowest BCUT2D eigenvalue weighted by Gasteiger charge is -2.16. The first kappa shape index (κ1) is 18.8. The van der Waals surface area contributed by atoms with Gasteiger partial charge in [-0.2, -0.15) is 0 Å². The van der Waals surface area contributed by atoms with Crippen molar-refractivity contribution in [3.63, 3.8) is 0 Å². The number of guanidine groups is 1. The lowest BCUT2D eigenvalue weighted by molar-refractivity contribution is 0.623. The number of nitrogens with zero attached hydrogens (tertiary/aromatic N) is 2. The number of hydrogen-bond donors (Lipinski definition) is 2. The Balaban J connectivity index is 1.55. The van der Waals surface area contributed by atoms with E-state index in [4.69, 9.17) is 4.99 Å². The Bertz CT molecular complexity index is 735. The topological polar surface area (TPSA) is 49.3 Å². The van der Waals surface area contributed by atoms with Gasteiger partial charge in [-0.15, -0.1) is 11.3 Å². The highest BCUT2D eigenvalue weighted by Gasteiger charge is 2.44. The first-order chi connectivity index (χ1) is 12.6. The Hall–Kier alpha value is -1.95. The van der Waals surface area contributed by atoms with Crippen LogP contribution < -0.4 is 10.6 Å². The Kier molecular flexibility index (Phi) is 6.25. The lowest BCUT2D eigenvalue weighted by Crippen LogP contribution is -2.39. The van der Waals surface area contributed by atoms with Crippen molar-refractivity contribution in [2.45, 2.75) is 44.9 Å². The molecule has 0 saturated heterocycles. The van der Waals surface area contributed by atoms with E-state index in [0.717, 1.165) is 56.3 Å². The van der Waals surface area contributed by atoms with Crippen LogP contribution in [0.2, 0.25) is 0 Å². The van der Waals surface area contributed by atoms with Gasteiger partial charge in [0.05, 0.1) is 11.6 Å². The number of halogens is 1. The molecule has 1 aromatic carbocycles. The van der Waals surface area contributed by atoms with Crippen molar-refractivity contribution in [2.24, 2.45) is 4.99 Å². The summed E-state index contributed by atoms with van der Waals surface area (Å²) in [6.45, 7) is 6.59. The summed E-state index contributed by atoms with van der Waals surface area (Å²) < 4.78 is 13.2. The van der Waals surface area contributed by atoms with Gasteiger partial charge in [-0.3, -0.25) is 4.99 Å². The molecule has 1 aliphatic carbocycles. The van der Waals surface area contributed by atoms with Crippen molar-refractivity contribution in [3.8, 4) is 0 Å². The number of aliphatic imine (C=N–C) groups is 1. The molecule has 0 aliphatic heterocycles. The number of nitrogens with one attached hydrogen (secondary N) is 2. The molecule has 0 atom stereocenters. The number of thiazole rings is 1. The number of aryl methyl sites for hydroxylation is 1. The summed E-state index contributed by atoms with van der Waals surface area (Å²) in [5.74, 6) is 0.657. The Morgan fingerprint density at radius 2 is 2.00 bits per heavy atom. The third kappa shape index (κ3) is 4.81. The molecule has 3 rings (SSSR count). The molecule has 1 saturated carbocycles. The fraction of sp³-hybridized carbons (Fsp3) is 0.500. The van der Waals surface area contributed by atoms with E-state index in [1.165, 1.54) is 10.4 Å². The Morgan fingerprint density at radius 3 is 2.62 bits per heavy atom. The fourth-order valence-electron chi connectivity index (χ4n) is 2.98. The van der Waals surface area contributed by atoms with E-state index in [9.17, 15) is 4.39 Å². The molecule has 0 amide bonds. The molecule has 0 spiro atoms. The van der Waals surface area contributed by atoms with Gasteiger partial charge in [0.25, 0.3) is 0 Å². The molecule has 1 fully saturated rings. The van der Waals surface area contributed by atoms with Crippen LogP contribution in [0.4, 0.5) is 4.39 Å². The highest BCUT2D eigenvalue weighted by atomic mass is 32.1. The molecule has 1 heterocycles. The van der Waals surface area contributed by atoms with Crippen molar-refractivity contribution in [1.82, 2.24) is 15.6 Å². The van der Waals surface area contributed by atoms with E-state index < -0.39 is 0 Å². The summed E-state index contributed by atoms with van der Waals surface area (Å²) >= 11 is 1.78. The maximum atomic E-state index is 13.2. The number of benzene rings is 1. The SMILES string of the molecule is CCNC(=NCC1(c2ccc(F)cc2)CC1)NCCc1ncc(CC)s1. The molecule has 0 radical (unpaired) electrons. The van der Waals surface area contributed by atoms with Gasteiger partial charge in [0.1, 0.15) is 5.82 Å². The predicted octanol–water partition coefficient (Wildman–Crippen LogP) is 3.67. The Morgan fingerprint density at radius 1 is 1.23 bits per heavy atom. The molecule has 1 aliphatic rings. The highest BCUT2D eigenvalue weighted by Crippen LogP contribution is 2.48. The predicted molar refractivity (Wildman–Crippen MR) is 106 cm³/mol. The third-order valence-electron chi connectivity index (χ3n) is 4.78. The molecular weight excluding hydrogens is 347 g/mol.